The quantitative estimate of drug-likeness (QED) is 0.0261. The first-order valence-electron chi connectivity index (χ1n) is 32.4. The molecular formula is C64H125NO8. The molecule has 73 heavy (non-hydrogen) atoms. The highest BCUT2D eigenvalue weighted by atomic mass is 16.7. The van der Waals surface area contributed by atoms with Crippen molar-refractivity contribution in [3.63, 3.8) is 0 Å². The van der Waals surface area contributed by atoms with Crippen LogP contribution in [0.2, 0.25) is 0 Å². The second kappa shape index (κ2) is 54.3. The van der Waals surface area contributed by atoms with Crippen molar-refractivity contribution in [3.05, 3.63) is 12.2 Å². The van der Waals surface area contributed by atoms with Gasteiger partial charge in [0.25, 0.3) is 0 Å². The molecule has 9 heteroatoms. The fraction of sp³-hybridized carbons (Fsp3) is 0.953. The lowest BCUT2D eigenvalue weighted by Crippen LogP contribution is -2.60. The summed E-state index contributed by atoms with van der Waals surface area (Å²) in [6.07, 6.45) is 61.7. The molecule has 1 aliphatic rings. The van der Waals surface area contributed by atoms with Crippen molar-refractivity contribution in [2.45, 2.75) is 378 Å². The molecule has 1 saturated heterocycles. The third-order valence-electron chi connectivity index (χ3n) is 15.9. The number of rotatable bonds is 57. The first-order valence-corrected chi connectivity index (χ1v) is 32.4. The lowest BCUT2D eigenvalue weighted by molar-refractivity contribution is -0.302. The molecule has 6 N–H and O–H groups in total. The number of ether oxygens (including phenoxy) is 2. The van der Waals surface area contributed by atoms with Crippen molar-refractivity contribution >= 4 is 5.91 Å². The van der Waals surface area contributed by atoms with Gasteiger partial charge in [0.15, 0.2) is 6.29 Å². The summed E-state index contributed by atoms with van der Waals surface area (Å²) in [6, 6.07) is -0.800. The molecule has 7 atom stereocenters. The van der Waals surface area contributed by atoms with Gasteiger partial charge in [0.05, 0.1) is 25.4 Å². The number of hydrogen-bond donors (Lipinski definition) is 6. The minimum Gasteiger partial charge on any atom is -0.394 e. The lowest BCUT2D eigenvalue weighted by Gasteiger charge is -2.40. The van der Waals surface area contributed by atoms with Gasteiger partial charge in [-0.15, -0.1) is 0 Å². The summed E-state index contributed by atoms with van der Waals surface area (Å²) in [6.45, 7) is 3.83. The average molecular weight is 1040 g/mol. The highest BCUT2D eigenvalue weighted by molar-refractivity contribution is 5.76. The van der Waals surface area contributed by atoms with Gasteiger partial charge in [-0.2, -0.15) is 0 Å². The van der Waals surface area contributed by atoms with Gasteiger partial charge in [-0.05, 0) is 19.3 Å². The smallest absolute Gasteiger partial charge is 0.220 e. The van der Waals surface area contributed by atoms with Gasteiger partial charge < -0.3 is 40.3 Å². The van der Waals surface area contributed by atoms with Gasteiger partial charge in [-0.3, -0.25) is 4.79 Å². The molecule has 0 spiro atoms. The Morgan fingerprint density at radius 3 is 1.07 bits per heavy atom. The van der Waals surface area contributed by atoms with E-state index in [-0.39, 0.29) is 12.5 Å². The molecule has 2 unspecified atom stereocenters. The minimum atomic E-state index is -1.56. The zero-order valence-corrected chi connectivity index (χ0v) is 48.4. The summed E-state index contributed by atoms with van der Waals surface area (Å²) in [5.41, 5.74) is 0. The molecule has 0 radical (unpaired) electrons. The molecule has 1 fully saturated rings. The van der Waals surface area contributed by atoms with Gasteiger partial charge in [-0.25, -0.2) is 0 Å². The number of nitrogens with one attached hydrogen (secondary N) is 1. The Kier molecular flexibility index (Phi) is 52.0. The molecule has 0 aromatic carbocycles. The Morgan fingerprint density at radius 1 is 0.452 bits per heavy atom. The number of aliphatic hydroxyl groups is 5. The highest BCUT2D eigenvalue weighted by Gasteiger charge is 2.44. The fourth-order valence-electron chi connectivity index (χ4n) is 10.8. The highest BCUT2D eigenvalue weighted by Crippen LogP contribution is 2.23. The van der Waals surface area contributed by atoms with E-state index in [4.69, 9.17) is 9.47 Å². The topological polar surface area (TPSA) is 149 Å². The Morgan fingerprint density at radius 2 is 0.753 bits per heavy atom. The van der Waals surface area contributed by atoms with Gasteiger partial charge in [0, 0.05) is 6.42 Å². The number of unbranched alkanes of at least 4 members (excludes halogenated alkanes) is 47. The van der Waals surface area contributed by atoms with Crippen molar-refractivity contribution in [2.24, 2.45) is 0 Å². The van der Waals surface area contributed by atoms with Crippen LogP contribution in [-0.4, -0.2) is 87.5 Å². The third kappa shape index (κ3) is 43.6. The molecule has 1 heterocycles. The molecule has 0 aromatic heterocycles. The maximum absolute atomic E-state index is 13.1. The molecule has 0 aromatic rings. The van der Waals surface area contributed by atoms with Gasteiger partial charge in [0.2, 0.25) is 5.91 Å². The van der Waals surface area contributed by atoms with E-state index in [1.807, 2.05) is 6.08 Å². The molecular weight excluding hydrogens is 911 g/mol. The molecule has 434 valence electrons. The van der Waals surface area contributed by atoms with Crippen LogP contribution >= 0.6 is 0 Å². The number of aliphatic hydroxyl groups excluding tert-OH is 5. The monoisotopic (exact) mass is 1040 g/mol. The number of allylic oxidation sites excluding steroid dienone is 1. The predicted octanol–water partition coefficient (Wildman–Crippen LogP) is 16.7. The van der Waals surface area contributed by atoms with Crippen LogP contribution < -0.4 is 5.32 Å². The van der Waals surface area contributed by atoms with Gasteiger partial charge >= 0.3 is 0 Å². The van der Waals surface area contributed by atoms with Crippen molar-refractivity contribution in [1.29, 1.82) is 0 Å². The van der Waals surface area contributed by atoms with Crippen LogP contribution in [0.3, 0.4) is 0 Å². The summed E-state index contributed by atoms with van der Waals surface area (Å²) in [7, 11) is 0. The van der Waals surface area contributed by atoms with E-state index in [9.17, 15) is 30.3 Å². The average Bonchev–Trinajstić information content (AvgIpc) is 3.39. The lowest BCUT2D eigenvalue weighted by atomic mass is 9.99. The fourth-order valence-corrected chi connectivity index (χ4v) is 10.8. The first kappa shape index (κ1) is 69.9. The number of carbonyl (C=O) groups excluding carboxylic acids is 1. The van der Waals surface area contributed by atoms with E-state index in [0.717, 1.165) is 38.5 Å². The van der Waals surface area contributed by atoms with Crippen LogP contribution in [0.5, 0.6) is 0 Å². The Bertz CT molecular complexity index is 1150. The number of amides is 1. The first-order chi connectivity index (χ1) is 35.8. The van der Waals surface area contributed by atoms with Crippen LogP contribution in [0.25, 0.3) is 0 Å². The number of carbonyl (C=O) groups is 1. The molecule has 1 aliphatic heterocycles. The maximum atomic E-state index is 13.1. The van der Waals surface area contributed by atoms with Crippen molar-refractivity contribution in [1.82, 2.24) is 5.32 Å². The molecule has 0 bridgehead atoms. The van der Waals surface area contributed by atoms with E-state index in [0.29, 0.717) is 6.42 Å². The van der Waals surface area contributed by atoms with Gasteiger partial charge in [0.1, 0.15) is 24.4 Å². The van der Waals surface area contributed by atoms with Crippen LogP contribution in [-0.2, 0) is 14.3 Å². The molecule has 1 rings (SSSR count). The Hall–Kier alpha value is -1.07. The van der Waals surface area contributed by atoms with Gasteiger partial charge in [-0.1, -0.05) is 321 Å². The van der Waals surface area contributed by atoms with Crippen molar-refractivity contribution in [2.75, 3.05) is 13.2 Å². The molecule has 0 aliphatic carbocycles. The van der Waals surface area contributed by atoms with E-state index in [1.165, 1.54) is 276 Å². The summed E-state index contributed by atoms with van der Waals surface area (Å²) in [5.74, 6) is -0.169. The van der Waals surface area contributed by atoms with Crippen LogP contribution in [0, 0.1) is 0 Å². The van der Waals surface area contributed by atoms with E-state index < -0.39 is 49.5 Å². The zero-order valence-electron chi connectivity index (χ0n) is 48.4. The predicted molar refractivity (Wildman–Crippen MR) is 309 cm³/mol. The largest absolute Gasteiger partial charge is 0.394 e. The van der Waals surface area contributed by atoms with Crippen molar-refractivity contribution < 1.29 is 39.8 Å². The normalized spacial score (nSPS) is 19.0. The Labute approximate surface area is 452 Å². The summed E-state index contributed by atoms with van der Waals surface area (Å²) in [5, 5.41) is 54.6. The SMILES string of the molecule is CCCCCCCCCCCCCCCC/C=C/[C@@H](O)[C@H](CO[C@@H]1O[C@H](CO)[C@H](O)C(O)C1O)NC(=O)CCCCCCCCCCCCCCCCCCCCCCCCCCCCCCCCCCCC. The maximum Gasteiger partial charge on any atom is 0.220 e. The van der Waals surface area contributed by atoms with E-state index in [1.54, 1.807) is 6.08 Å². The third-order valence-corrected chi connectivity index (χ3v) is 15.9. The number of hydrogen-bond acceptors (Lipinski definition) is 8. The molecule has 1 amide bonds. The Balaban J connectivity index is 2.08. The second-order valence-corrected chi connectivity index (χ2v) is 22.9. The summed E-state index contributed by atoms with van der Waals surface area (Å²) in [4.78, 5) is 13.1. The molecule has 9 nitrogen and oxygen atoms in total. The summed E-state index contributed by atoms with van der Waals surface area (Å²) >= 11 is 0. The van der Waals surface area contributed by atoms with E-state index >= 15 is 0 Å². The molecule has 0 saturated carbocycles. The second-order valence-electron chi connectivity index (χ2n) is 22.9. The zero-order chi connectivity index (χ0) is 52.9. The standard InChI is InChI=1S/C64H125NO8/c1-3-5-7-9-11-13-15-17-19-21-22-23-24-25-26-27-28-29-30-31-32-33-34-35-36-37-38-40-42-44-46-48-50-52-54-60(68)65-57(56-72-64-63(71)62(70)61(69)59(55-66)73-64)58(67)53-51-49-47-45-43-41-39-20-18-16-14-12-10-8-6-4-2/h51,53,57-59,61-64,66-67,69-71H,3-50,52,54-56H2,1-2H3,(H,65,68)/b53-51+/t57-,58+,59+,61-,62?,63?,64+/m0/s1. The van der Waals surface area contributed by atoms with E-state index in [2.05, 4.69) is 19.2 Å². The summed E-state index contributed by atoms with van der Waals surface area (Å²) < 4.78 is 11.3. The van der Waals surface area contributed by atoms with Crippen LogP contribution in [0.4, 0.5) is 0 Å². The van der Waals surface area contributed by atoms with Crippen molar-refractivity contribution in [3.8, 4) is 0 Å². The minimum absolute atomic E-state index is 0.169. The van der Waals surface area contributed by atoms with Crippen LogP contribution in [0.1, 0.15) is 335 Å². The van der Waals surface area contributed by atoms with Crippen LogP contribution in [0.15, 0.2) is 12.2 Å².